The Labute approximate surface area is 125 Å². The van der Waals surface area contributed by atoms with E-state index in [0.29, 0.717) is 16.5 Å². The van der Waals surface area contributed by atoms with Gasteiger partial charge >= 0.3 is 0 Å². The van der Waals surface area contributed by atoms with Crippen LogP contribution in [0.15, 0.2) is 16.3 Å². The van der Waals surface area contributed by atoms with Crippen LogP contribution in [0.25, 0.3) is 0 Å². The maximum Gasteiger partial charge on any atom is 0.250 e. The first-order chi connectivity index (χ1) is 9.53. The van der Waals surface area contributed by atoms with Gasteiger partial charge in [-0.1, -0.05) is 19.3 Å². The van der Waals surface area contributed by atoms with Gasteiger partial charge in [0.25, 0.3) is 0 Å². The molecule has 1 aliphatic carbocycles. The van der Waals surface area contributed by atoms with Crippen LogP contribution in [-0.4, -0.2) is 26.2 Å². The van der Waals surface area contributed by atoms with Gasteiger partial charge in [-0.15, -0.1) is 11.3 Å². The zero-order valence-corrected chi connectivity index (χ0v) is 13.5. The molecule has 1 aliphatic rings. The number of nitrogens with one attached hydrogen (secondary N) is 1. The molecular weight excluding hydrogens is 294 g/mol. The third kappa shape index (κ3) is 4.04. The first-order valence-electron chi connectivity index (χ1n) is 7.25. The summed E-state index contributed by atoms with van der Waals surface area (Å²) in [6.45, 7) is 2.02. The maximum absolute atomic E-state index is 12.3. The Balaban J connectivity index is 2.01. The van der Waals surface area contributed by atoms with E-state index < -0.39 is 10.0 Å². The monoisotopic (exact) mass is 317 g/mol. The summed E-state index contributed by atoms with van der Waals surface area (Å²) in [5.74, 6) is 0.454. The van der Waals surface area contributed by atoms with E-state index in [4.69, 9.17) is 5.11 Å². The molecule has 4 nitrogen and oxygen atoms in total. The topological polar surface area (TPSA) is 66.4 Å². The summed E-state index contributed by atoms with van der Waals surface area (Å²) in [6, 6.07) is 3.40. The molecule has 0 radical (unpaired) electrons. The Morgan fingerprint density at radius 2 is 2.05 bits per heavy atom. The zero-order chi connectivity index (χ0) is 14.6. The SMILES string of the molecule is CC(NS(=O)(=O)c1ccc(CCO)s1)C1CCCCC1. The fraction of sp³-hybridized carbons (Fsp3) is 0.714. The molecule has 20 heavy (non-hydrogen) atoms. The predicted molar refractivity (Wildman–Crippen MR) is 81.5 cm³/mol. The highest BCUT2D eigenvalue weighted by atomic mass is 32.2. The van der Waals surface area contributed by atoms with E-state index in [-0.39, 0.29) is 12.6 Å². The molecule has 1 heterocycles. The Bertz CT molecular complexity index is 518. The molecule has 1 saturated carbocycles. The van der Waals surface area contributed by atoms with Crippen molar-refractivity contribution in [3.8, 4) is 0 Å². The lowest BCUT2D eigenvalue weighted by Gasteiger charge is -2.27. The Kier molecular flexibility index (Phi) is 5.60. The molecule has 2 rings (SSSR count). The molecule has 1 fully saturated rings. The second-order valence-corrected chi connectivity index (χ2v) is 8.61. The van der Waals surface area contributed by atoms with Crippen molar-refractivity contribution in [2.75, 3.05) is 6.61 Å². The lowest BCUT2D eigenvalue weighted by atomic mass is 9.85. The third-order valence-corrected chi connectivity index (χ3v) is 7.15. The van der Waals surface area contributed by atoms with Gasteiger partial charge in [-0.2, -0.15) is 0 Å². The molecule has 1 unspecified atom stereocenters. The van der Waals surface area contributed by atoms with Crippen molar-refractivity contribution in [2.45, 2.75) is 55.7 Å². The number of rotatable bonds is 6. The van der Waals surface area contributed by atoms with Crippen molar-refractivity contribution in [1.82, 2.24) is 4.72 Å². The molecule has 0 aromatic carbocycles. The largest absolute Gasteiger partial charge is 0.396 e. The summed E-state index contributed by atoms with van der Waals surface area (Å²) < 4.78 is 27.8. The smallest absolute Gasteiger partial charge is 0.250 e. The fourth-order valence-corrected chi connectivity index (χ4v) is 5.45. The minimum absolute atomic E-state index is 0.0105. The van der Waals surface area contributed by atoms with Crippen molar-refractivity contribution in [1.29, 1.82) is 0 Å². The van der Waals surface area contributed by atoms with Gasteiger partial charge in [0, 0.05) is 23.9 Å². The lowest BCUT2D eigenvalue weighted by Crippen LogP contribution is -2.38. The van der Waals surface area contributed by atoms with Crippen LogP contribution in [0.3, 0.4) is 0 Å². The second kappa shape index (κ2) is 7.02. The molecule has 1 aromatic rings. The van der Waals surface area contributed by atoms with Crippen LogP contribution >= 0.6 is 11.3 Å². The summed E-state index contributed by atoms with van der Waals surface area (Å²) in [5, 5.41) is 8.89. The van der Waals surface area contributed by atoms with E-state index in [2.05, 4.69) is 4.72 Å². The van der Waals surface area contributed by atoms with Crippen LogP contribution in [-0.2, 0) is 16.4 Å². The van der Waals surface area contributed by atoms with Gasteiger partial charge in [0.15, 0.2) is 0 Å². The quantitative estimate of drug-likeness (QED) is 0.847. The average Bonchev–Trinajstić information content (AvgIpc) is 2.89. The predicted octanol–water partition coefficient (Wildman–Crippen LogP) is 2.53. The maximum atomic E-state index is 12.3. The second-order valence-electron chi connectivity index (χ2n) is 5.50. The summed E-state index contributed by atoms with van der Waals surface area (Å²) >= 11 is 1.24. The zero-order valence-electron chi connectivity index (χ0n) is 11.8. The number of hydrogen-bond donors (Lipinski definition) is 2. The third-order valence-electron chi connectivity index (χ3n) is 3.96. The molecule has 0 bridgehead atoms. The first kappa shape index (κ1) is 15.9. The molecule has 0 amide bonds. The molecule has 0 spiro atoms. The summed E-state index contributed by atoms with van der Waals surface area (Å²) in [6.07, 6.45) is 6.42. The molecule has 0 saturated heterocycles. The van der Waals surface area contributed by atoms with Crippen LogP contribution in [0.4, 0.5) is 0 Å². The first-order valence-corrected chi connectivity index (χ1v) is 9.55. The van der Waals surface area contributed by atoms with Crippen LogP contribution in [0.5, 0.6) is 0 Å². The Morgan fingerprint density at radius 1 is 1.35 bits per heavy atom. The van der Waals surface area contributed by atoms with Crippen LogP contribution in [0.2, 0.25) is 0 Å². The molecule has 1 atom stereocenters. The van der Waals surface area contributed by atoms with Gasteiger partial charge in [-0.3, -0.25) is 0 Å². The van der Waals surface area contributed by atoms with E-state index in [0.717, 1.165) is 17.7 Å². The molecule has 2 N–H and O–H groups in total. The average molecular weight is 317 g/mol. The molecule has 114 valence electrons. The van der Waals surface area contributed by atoms with Crippen LogP contribution < -0.4 is 4.72 Å². The fourth-order valence-electron chi connectivity index (χ4n) is 2.78. The van der Waals surface area contributed by atoms with E-state index in [1.54, 1.807) is 12.1 Å². The van der Waals surface area contributed by atoms with Gasteiger partial charge in [0.2, 0.25) is 10.0 Å². The van der Waals surface area contributed by atoms with Gasteiger partial charge in [0.05, 0.1) is 0 Å². The van der Waals surface area contributed by atoms with Crippen LogP contribution in [0, 0.1) is 5.92 Å². The van der Waals surface area contributed by atoms with Crippen molar-refractivity contribution in [3.05, 3.63) is 17.0 Å². The number of aliphatic hydroxyl groups is 1. The molecule has 1 aromatic heterocycles. The van der Waals surface area contributed by atoms with E-state index in [1.165, 1.54) is 30.6 Å². The standard InChI is InChI=1S/C14H23NO3S2/c1-11(12-5-3-2-4-6-12)15-20(17,18)14-8-7-13(19-14)9-10-16/h7-8,11-12,15-16H,2-6,9-10H2,1H3. The van der Waals surface area contributed by atoms with E-state index >= 15 is 0 Å². The number of aliphatic hydroxyl groups excluding tert-OH is 1. The lowest BCUT2D eigenvalue weighted by molar-refractivity contribution is 0.300. The van der Waals surface area contributed by atoms with Crippen molar-refractivity contribution in [3.63, 3.8) is 0 Å². The summed E-state index contributed by atoms with van der Waals surface area (Å²) in [4.78, 5) is 0.901. The number of sulfonamides is 1. The van der Waals surface area contributed by atoms with E-state index in [1.807, 2.05) is 6.92 Å². The highest BCUT2D eigenvalue weighted by Gasteiger charge is 2.25. The number of thiophene rings is 1. The van der Waals surface area contributed by atoms with Gasteiger partial charge in [-0.05, 0) is 37.8 Å². The van der Waals surface area contributed by atoms with Gasteiger partial charge < -0.3 is 5.11 Å². The normalized spacial score (nSPS) is 19.1. The number of hydrogen-bond acceptors (Lipinski definition) is 4. The molecule has 0 aliphatic heterocycles. The van der Waals surface area contributed by atoms with Crippen molar-refractivity contribution >= 4 is 21.4 Å². The summed E-state index contributed by atoms with van der Waals surface area (Å²) in [7, 11) is -3.42. The highest BCUT2D eigenvalue weighted by molar-refractivity contribution is 7.91. The van der Waals surface area contributed by atoms with Gasteiger partial charge in [-0.25, -0.2) is 13.1 Å². The van der Waals surface area contributed by atoms with Crippen molar-refractivity contribution < 1.29 is 13.5 Å². The molecule has 6 heteroatoms. The van der Waals surface area contributed by atoms with Crippen LogP contribution in [0.1, 0.15) is 43.9 Å². The van der Waals surface area contributed by atoms with Gasteiger partial charge in [0.1, 0.15) is 4.21 Å². The Morgan fingerprint density at radius 3 is 2.70 bits per heavy atom. The summed E-state index contributed by atoms with van der Waals surface area (Å²) in [5.41, 5.74) is 0. The Hall–Kier alpha value is -0.430. The minimum Gasteiger partial charge on any atom is -0.396 e. The molecular formula is C14H23NO3S2. The van der Waals surface area contributed by atoms with Crippen molar-refractivity contribution in [2.24, 2.45) is 5.92 Å². The minimum atomic E-state index is -3.42. The highest BCUT2D eigenvalue weighted by Crippen LogP contribution is 2.28. The van der Waals surface area contributed by atoms with E-state index in [9.17, 15) is 8.42 Å².